The van der Waals surface area contributed by atoms with Crippen LogP contribution in [0, 0.1) is 17.3 Å². The van der Waals surface area contributed by atoms with E-state index in [1.54, 1.807) is 24.5 Å². The van der Waals surface area contributed by atoms with Crippen molar-refractivity contribution < 1.29 is 14.4 Å². The van der Waals surface area contributed by atoms with Gasteiger partial charge in [0.25, 0.3) is 0 Å². The fourth-order valence-electron chi connectivity index (χ4n) is 3.83. The summed E-state index contributed by atoms with van der Waals surface area (Å²) in [6, 6.07) is 13.3. The van der Waals surface area contributed by atoms with Crippen molar-refractivity contribution in [3.8, 4) is 0 Å². The molecule has 1 aromatic carbocycles. The third-order valence-corrected chi connectivity index (χ3v) is 5.90. The lowest BCUT2D eigenvalue weighted by atomic mass is 9.68. The van der Waals surface area contributed by atoms with Crippen LogP contribution in [0.15, 0.2) is 54.9 Å². The van der Waals surface area contributed by atoms with Gasteiger partial charge in [0.15, 0.2) is 0 Å². The highest BCUT2D eigenvalue weighted by molar-refractivity contribution is 5.92. The number of aromatic nitrogens is 1. The zero-order valence-electron chi connectivity index (χ0n) is 17.1. The van der Waals surface area contributed by atoms with Gasteiger partial charge in [0, 0.05) is 29.4 Å². The van der Waals surface area contributed by atoms with Crippen LogP contribution < -0.4 is 10.8 Å². The first-order chi connectivity index (χ1) is 14.0. The van der Waals surface area contributed by atoms with Gasteiger partial charge in [-0.2, -0.15) is 0 Å². The molecule has 0 bridgehead atoms. The number of hydrogen-bond donors (Lipinski definition) is 2. The Morgan fingerprint density at radius 3 is 2.34 bits per heavy atom. The third-order valence-electron chi connectivity index (χ3n) is 5.90. The Morgan fingerprint density at radius 2 is 1.69 bits per heavy atom. The number of anilines is 1. The van der Waals surface area contributed by atoms with Crippen LogP contribution in [0.5, 0.6) is 0 Å². The Morgan fingerprint density at radius 1 is 1.03 bits per heavy atom. The molecule has 154 valence electrons. The third kappa shape index (κ3) is 5.64. The molecule has 2 aromatic rings. The standard InChI is InChI=1S/C23H29N3O3/c1-23(2,22(28)26-29-16-17-6-4-3-5-7-17)19-10-8-18(9-11-19)21(27)25-20-12-14-24-15-13-20/h3-7,12-15,18-19H,8-11,16H2,1-2H3,(H,26,28)(H,24,25,27). The number of hydrogen-bond acceptors (Lipinski definition) is 4. The van der Waals surface area contributed by atoms with E-state index >= 15 is 0 Å². The maximum Gasteiger partial charge on any atom is 0.249 e. The Labute approximate surface area is 172 Å². The normalized spacial score (nSPS) is 19.4. The zero-order chi connectivity index (χ0) is 20.7. The lowest BCUT2D eigenvalue weighted by Crippen LogP contribution is -2.43. The van der Waals surface area contributed by atoms with E-state index in [1.807, 2.05) is 44.2 Å². The minimum atomic E-state index is -0.552. The smallest absolute Gasteiger partial charge is 0.249 e. The van der Waals surface area contributed by atoms with Gasteiger partial charge in [0.2, 0.25) is 11.8 Å². The lowest BCUT2D eigenvalue weighted by Gasteiger charge is -2.37. The second-order valence-corrected chi connectivity index (χ2v) is 8.20. The molecule has 2 amide bonds. The molecule has 29 heavy (non-hydrogen) atoms. The molecule has 0 atom stereocenters. The zero-order valence-corrected chi connectivity index (χ0v) is 17.1. The van der Waals surface area contributed by atoms with Crippen LogP contribution in [-0.2, 0) is 21.0 Å². The van der Waals surface area contributed by atoms with Crippen LogP contribution in [0.3, 0.4) is 0 Å². The van der Waals surface area contributed by atoms with Gasteiger partial charge in [-0.1, -0.05) is 44.2 Å². The second-order valence-electron chi connectivity index (χ2n) is 8.20. The monoisotopic (exact) mass is 395 g/mol. The van der Waals surface area contributed by atoms with Crippen LogP contribution in [0.4, 0.5) is 5.69 Å². The topological polar surface area (TPSA) is 80.3 Å². The van der Waals surface area contributed by atoms with E-state index in [9.17, 15) is 9.59 Å². The number of hydroxylamine groups is 1. The van der Waals surface area contributed by atoms with Crippen molar-refractivity contribution in [2.75, 3.05) is 5.32 Å². The van der Waals surface area contributed by atoms with E-state index in [4.69, 9.17) is 4.84 Å². The van der Waals surface area contributed by atoms with Gasteiger partial charge in [-0.25, -0.2) is 5.48 Å². The molecule has 3 rings (SSSR count). The average Bonchev–Trinajstić information content (AvgIpc) is 2.75. The molecule has 1 aliphatic rings. The summed E-state index contributed by atoms with van der Waals surface area (Å²) in [5, 5.41) is 2.95. The highest BCUT2D eigenvalue weighted by Gasteiger charge is 2.40. The maximum atomic E-state index is 12.7. The summed E-state index contributed by atoms with van der Waals surface area (Å²) in [5.74, 6) is 0.127. The van der Waals surface area contributed by atoms with E-state index in [0.717, 1.165) is 36.9 Å². The van der Waals surface area contributed by atoms with Crippen LogP contribution in [0.25, 0.3) is 0 Å². The van der Waals surface area contributed by atoms with E-state index in [2.05, 4.69) is 15.8 Å². The van der Waals surface area contributed by atoms with Gasteiger partial charge in [0.05, 0.1) is 6.61 Å². The summed E-state index contributed by atoms with van der Waals surface area (Å²) >= 11 is 0. The molecule has 1 aromatic heterocycles. The number of pyridine rings is 1. The first kappa shape index (κ1) is 21.0. The minimum absolute atomic E-state index is 0.0207. The van der Waals surface area contributed by atoms with Crippen molar-refractivity contribution in [3.63, 3.8) is 0 Å². The molecule has 0 aliphatic heterocycles. The van der Waals surface area contributed by atoms with Gasteiger partial charge < -0.3 is 5.32 Å². The number of amides is 2. The first-order valence-corrected chi connectivity index (χ1v) is 10.1. The molecule has 1 saturated carbocycles. The van der Waals surface area contributed by atoms with Crippen molar-refractivity contribution in [1.82, 2.24) is 10.5 Å². The molecular formula is C23H29N3O3. The molecule has 2 N–H and O–H groups in total. The fourth-order valence-corrected chi connectivity index (χ4v) is 3.83. The molecule has 0 saturated heterocycles. The molecule has 0 radical (unpaired) electrons. The Kier molecular flexibility index (Phi) is 6.99. The highest BCUT2D eigenvalue weighted by atomic mass is 16.6. The van der Waals surface area contributed by atoms with Crippen molar-refractivity contribution in [3.05, 3.63) is 60.4 Å². The summed E-state index contributed by atoms with van der Waals surface area (Å²) in [5.41, 5.74) is 3.83. The van der Waals surface area contributed by atoms with E-state index in [0.29, 0.717) is 6.61 Å². The van der Waals surface area contributed by atoms with E-state index in [1.165, 1.54) is 0 Å². The second kappa shape index (κ2) is 9.65. The molecule has 0 unspecified atom stereocenters. The number of nitrogens with one attached hydrogen (secondary N) is 2. The first-order valence-electron chi connectivity index (χ1n) is 10.1. The van der Waals surface area contributed by atoms with Crippen molar-refractivity contribution >= 4 is 17.5 Å². The molecule has 1 heterocycles. The summed E-state index contributed by atoms with van der Waals surface area (Å²) in [6.07, 6.45) is 6.56. The summed E-state index contributed by atoms with van der Waals surface area (Å²) < 4.78 is 0. The number of carbonyl (C=O) groups is 2. The van der Waals surface area contributed by atoms with Gasteiger partial charge in [-0.05, 0) is 49.3 Å². The van der Waals surface area contributed by atoms with E-state index < -0.39 is 5.41 Å². The largest absolute Gasteiger partial charge is 0.326 e. The lowest BCUT2D eigenvalue weighted by molar-refractivity contribution is -0.147. The average molecular weight is 396 g/mol. The van der Waals surface area contributed by atoms with E-state index in [-0.39, 0.29) is 23.7 Å². The van der Waals surface area contributed by atoms with Gasteiger partial charge in [-0.15, -0.1) is 0 Å². The molecule has 6 nitrogen and oxygen atoms in total. The maximum absolute atomic E-state index is 12.7. The molecule has 0 spiro atoms. The van der Waals surface area contributed by atoms with Crippen molar-refractivity contribution in [2.24, 2.45) is 17.3 Å². The van der Waals surface area contributed by atoms with Crippen molar-refractivity contribution in [2.45, 2.75) is 46.1 Å². The molecular weight excluding hydrogens is 366 g/mol. The molecule has 1 aliphatic carbocycles. The van der Waals surface area contributed by atoms with Gasteiger partial charge in [0.1, 0.15) is 0 Å². The number of nitrogens with zero attached hydrogens (tertiary/aromatic N) is 1. The summed E-state index contributed by atoms with van der Waals surface area (Å²) in [4.78, 5) is 34.6. The Hall–Kier alpha value is -2.73. The fraction of sp³-hybridized carbons (Fsp3) is 0.435. The number of benzene rings is 1. The quantitative estimate of drug-likeness (QED) is 0.692. The predicted molar refractivity (Wildman–Crippen MR) is 111 cm³/mol. The van der Waals surface area contributed by atoms with Crippen LogP contribution in [0.1, 0.15) is 45.1 Å². The Bertz CT molecular complexity index is 801. The minimum Gasteiger partial charge on any atom is -0.326 e. The number of rotatable bonds is 7. The number of carbonyl (C=O) groups excluding carboxylic acids is 2. The summed E-state index contributed by atoms with van der Waals surface area (Å²) in [7, 11) is 0. The van der Waals surface area contributed by atoms with Crippen LogP contribution in [0.2, 0.25) is 0 Å². The Balaban J connectivity index is 1.45. The predicted octanol–water partition coefficient (Wildman–Crippen LogP) is 4.10. The molecule has 6 heteroatoms. The SMILES string of the molecule is CC(C)(C(=O)NOCc1ccccc1)C1CCC(C(=O)Nc2ccncc2)CC1. The molecule has 1 fully saturated rings. The van der Waals surface area contributed by atoms with Crippen molar-refractivity contribution in [1.29, 1.82) is 0 Å². The van der Waals surface area contributed by atoms with Crippen LogP contribution >= 0.6 is 0 Å². The van der Waals surface area contributed by atoms with Crippen LogP contribution in [-0.4, -0.2) is 16.8 Å². The summed E-state index contributed by atoms with van der Waals surface area (Å²) in [6.45, 7) is 4.25. The van der Waals surface area contributed by atoms with Gasteiger partial charge >= 0.3 is 0 Å². The highest BCUT2D eigenvalue weighted by Crippen LogP contribution is 2.40. The van der Waals surface area contributed by atoms with Gasteiger partial charge in [-0.3, -0.25) is 19.4 Å².